The summed E-state index contributed by atoms with van der Waals surface area (Å²) in [5.74, 6) is 0. The first-order chi connectivity index (χ1) is 6.33. The number of nitrogens with zero attached hydrogens (tertiary/aromatic N) is 3. The summed E-state index contributed by atoms with van der Waals surface area (Å²) in [6.45, 7) is 2.60. The fraction of sp³-hybridized carbons (Fsp3) is 0.625. The lowest BCUT2D eigenvalue weighted by atomic mass is 10.3. The lowest BCUT2D eigenvalue weighted by Crippen LogP contribution is -2.03. The summed E-state index contributed by atoms with van der Waals surface area (Å²) in [6.07, 6.45) is 4.36. The molecule has 0 spiro atoms. The van der Waals surface area contributed by atoms with E-state index in [2.05, 4.69) is 28.2 Å². The van der Waals surface area contributed by atoms with Gasteiger partial charge < -0.3 is 4.74 Å². The van der Waals surface area contributed by atoms with E-state index in [0.717, 1.165) is 19.3 Å². The SMILES string of the molecule is CCCCCOc1n[c]nc(F)n1. The second-order valence-electron chi connectivity index (χ2n) is 2.54. The number of ether oxygens (including phenoxy) is 1. The van der Waals surface area contributed by atoms with Gasteiger partial charge in [-0.15, -0.1) is 4.98 Å². The van der Waals surface area contributed by atoms with Crippen molar-refractivity contribution >= 4 is 0 Å². The van der Waals surface area contributed by atoms with Crippen molar-refractivity contribution in [1.82, 2.24) is 15.0 Å². The van der Waals surface area contributed by atoms with Crippen molar-refractivity contribution in [3.63, 3.8) is 0 Å². The summed E-state index contributed by atoms with van der Waals surface area (Å²) in [5, 5.41) is 0. The summed E-state index contributed by atoms with van der Waals surface area (Å²) in [4.78, 5) is 9.95. The molecule has 0 aromatic carbocycles. The Labute approximate surface area is 76.2 Å². The number of hydrogen-bond acceptors (Lipinski definition) is 4. The highest BCUT2D eigenvalue weighted by atomic mass is 19.1. The maximum Gasteiger partial charge on any atom is 0.322 e. The third-order valence-electron chi connectivity index (χ3n) is 1.45. The predicted octanol–water partition coefficient (Wildman–Crippen LogP) is 1.38. The van der Waals surface area contributed by atoms with Crippen LogP contribution in [0, 0.1) is 12.4 Å². The average Bonchev–Trinajstić information content (AvgIpc) is 2.13. The van der Waals surface area contributed by atoms with E-state index >= 15 is 0 Å². The summed E-state index contributed by atoms with van der Waals surface area (Å²) in [5.41, 5.74) is 0. The molecule has 1 heterocycles. The normalized spacial score (nSPS) is 10.0. The molecule has 0 saturated heterocycles. The number of aromatic nitrogens is 3. The highest BCUT2D eigenvalue weighted by molar-refractivity contribution is 4.87. The van der Waals surface area contributed by atoms with Crippen molar-refractivity contribution < 1.29 is 9.13 Å². The molecule has 0 fully saturated rings. The first-order valence-corrected chi connectivity index (χ1v) is 4.23. The topological polar surface area (TPSA) is 47.9 Å². The van der Waals surface area contributed by atoms with Gasteiger partial charge in [0.25, 0.3) is 0 Å². The highest BCUT2D eigenvalue weighted by Gasteiger charge is 1.99. The molecule has 0 amide bonds. The van der Waals surface area contributed by atoms with Gasteiger partial charge in [-0.05, 0) is 6.42 Å². The van der Waals surface area contributed by atoms with E-state index in [-0.39, 0.29) is 6.01 Å². The summed E-state index contributed by atoms with van der Waals surface area (Å²) >= 11 is 0. The Kier molecular flexibility index (Phi) is 4.08. The lowest BCUT2D eigenvalue weighted by Gasteiger charge is -2.01. The number of unbranched alkanes of at least 4 members (excludes halogenated alkanes) is 2. The zero-order chi connectivity index (χ0) is 9.52. The Bertz CT molecular complexity index is 257. The predicted molar refractivity (Wildman–Crippen MR) is 43.6 cm³/mol. The molecule has 0 unspecified atom stereocenters. The maximum atomic E-state index is 12.4. The van der Waals surface area contributed by atoms with E-state index in [4.69, 9.17) is 4.74 Å². The molecule has 13 heavy (non-hydrogen) atoms. The van der Waals surface area contributed by atoms with Gasteiger partial charge in [0.1, 0.15) is 0 Å². The summed E-state index contributed by atoms with van der Waals surface area (Å²) < 4.78 is 17.4. The second-order valence-corrected chi connectivity index (χ2v) is 2.54. The van der Waals surface area contributed by atoms with Crippen LogP contribution in [0.2, 0.25) is 0 Å². The lowest BCUT2D eigenvalue weighted by molar-refractivity contribution is 0.274. The van der Waals surface area contributed by atoms with Crippen LogP contribution in [0.5, 0.6) is 6.01 Å². The zero-order valence-corrected chi connectivity index (χ0v) is 7.46. The fourth-order valence-electron chi connectivity index (χ4n) is 0.818. The molecule has 0 saturated carbocycles. The van der Waals surface area contributed by atoms with Crippen LogP contribution >= 0.6 is 0 Å². The Morgan fingerprint density at radius 2 is 2.23 bits per heavy atom. The molecule has 0 atom stereocenters. The Morgan fingerprint density at radius 1 is 1.38 bits per heavy atom. The van der Waals surface area contributed by atoms with Gasteiger partial charge in [-0.25, -0.2) is 0 Å². The standard InChI is InChI=1S/C8H11FN3O/c1-2-3-4-5-13-8-11-6-10-7(9)12-8/h2-5H2,1H3. The van der Waals surface area contributed by atoms with Crippen LogP contribution in [-0.4, -0.2) is 21.6 Å². The third-order valence-corrected chi connectivity index (χ3v) is 1.45. The van der Waals surface area contributed by atoms with Crippen molar-refractivity contribution in [3.05, 3.63) is 12.4 Å². The maximum absolute atomic E-state index is 12.4. The molecule has 0 aliphatic carbocycles. The van der Waals surface area contributed by atoms with E-state index < -0.39 is 6.08 Å². The fourth-order valence-corrected chi connectivity index (χ4v) is 0.818. The minimum Gasteiger partial charge on any atom is -0.463 e. The van der Waals surface area contributed by atoms with Gasteiger partial charge in [-0.3, -0.25) is 0 Å². The molecule has 0 N–H and O–H groups in total. The van der Waals surface area contributed by atoms with Crippen molar-refractivity contribution in [3.8, 4) is 6.01 Å². The summed E-state index contributed by atoms with van der Waals surface area (Å²) in [7, 11) is 0. The Hall–Kier alpha value is -1.26. The van der Waals surface area contributed by atoms with Crippen molar-refractivity contribution in [2.75, 3.05) is 6.61 Å². The monoisotopic (exact) mass is 184 g/mol. The molecular weight excluding hydrogens is 173 g/mol. The minimum atomic E-state index is -0.861. The molecule has 1 aromatic heterocycles. The molecule has 4 nitrogen and oxygen atoms in total. The van der Waals surface area contributed by atoms with E-state index in [1.54, 1.807) is 0 Å². The molecule has 5 heteroatoms. The van der Waals surface area contributed by atoms with Crippen LogP contribution in [0.15, 0.2) is 0 Å². The van der Waals surface area contributed by atoms with E-state index in [1.165, 1.54) is 0 Å². The highest BCUT2D eigenvalue weighted by Crippen LogP contribution is 2.01. The van der Waals surface area contributed by atoms with Crippen LogP contribution in [-0.2, 0) is 0 Å². The first-order valence-electron chi connectivity index (χ1n) is 4.23. The average molecular weight is 184 g/mol. The Balaban J connectivity index is 2.28. The smallest absolute Gasteiger partial charge is 0.322 e. The number of rotatable bonds is 5. The molecule has 1 radical (unpaired) electrons. The van der Waals surface area contributed by atoms with Crippen molar-refractivity contribution in [2.45, 2.75) is 26.2 Å². The molecule has 0 aliphatic heterocycles. The van der Waals surface area contributed by atoms with Gasteiger partial charge in [0, 0.05) is 0 Å². The Morgan fingerprint density at radius 3 is 2.92 bits per heavy atom. The van der Waals surface area contributed by atoms with Gasteiger partial charge >= 0.3 is 12.1 Å². The molecule has 71 valence electrons. The molecule has 0 aliphatic rings. The quantitative estimate of drug-likeness (QED) is 0.648. The third kappa shape index (κ3) is 3.78. The van der Waals surface area contributed by atoms with Crippen LogP contribution in [0.25, 0.3) is 0 Å². The van der Waals surface area contributed by atoms with Gasteiger partial charge in [0.05, 0.1) is 6.61 Å². The van der Waals surface area contributed by atoms with Gasteiger partial charge in [-0.2, -0.15) is 14.4 Å². The van der Waals surface area contributed by atoms with E-state index in [9.17, 15) is 4.39 Å². The molecule has 0 bridgehead atoms. The van der Waals surface area contributed by atoms with Crippen LogP contribution in [0.4, 0.5) is 4.39 Å². The minimum absolute atomic E-state index is 0.00334. The van der Waals surface area contributed by atoms with Gasteiger partial charge in [-0.1, -0.05) is 19.8 Å². The largest absolute Gasteiger partial charge is 0.463 e. The van der Waals surface area contributed by atoms with Crippen LogP contribution in [0.3, 0.4) is 0 Å². The van der Waals surface area contributed by atoms with Gasteiger partial charge in [0.15, 0.2) is 0 Å². The number of hydrogen-bond donors (Lipinski definition) is 0. The van der Waals surface area contributed by atoms with E-state index in [1.807, 2.05) is 0 Å². The van der Waals surface area contributed by atoms with Crippen molar-refractivity contribution in [2.24, 2.45) is 0 Å². The van der Waals surface area contributed by atoms with Crippen molar-refractivity contribution in [1.29, 1.82) is 0 Å². The van der Waals surface area contributed by atoms with E-state index in [0.29, 0.717) is 6.61 Å². The zero-order valence-electron chi connectivity index (χ0n) is 7.46. The first kappa shape index (κ1) is 9.83. The second kappa shape index (κ2) is 5.40. The molecule has 1 aromatic rings. The van der Waals surface area contributed by atoms with Crippen LogP contribution < -0.4 is 4.74 Å². The molecular formula is C8H11FN3O. The van der Waals surface area contributed by atoms with Gasteiger partial charge in [0.2, 0.25) is 6.33 Å². The van der Waals surface area contributed by atoms with Crippen LogP contribution in [0.1, 0.15) is 26.2 Å². The number of halogens is 1. The summed E-state index contributed by atoms with van der Waals surface area (Å²) in [6, 6.07) is 0.00334. The molecule has 1 rings (SSSR count).